The van der Waals surface area contributed by atoms with Crippen LogP contribution in [0.2, 0.25) is 0 Å². The molecule has 166 valence electrons. The average Bonchev–Trinajstić information content (AvgIpc) is 3.08. The second-order valence-corrected chi connectivity index (χ2v) is 8.05. The maximum Gasteiger partial charge on any atom is 0.338 e. The van der Waals surface area contributed by atoms with Crippen LogP contribution in [-0.2, 0) is 14.3 Å². The molecule has 0 spiro atoms. The van der Waals surface area contributed by atoms with Gasteiger partial charge in [0.25, 0.3) is 5.91 Å². The lowest BCUT2D eigenvalue weighted by Gasteiger charge is -2.28. The molecule has 1 fully saturated rings. The molecule has 2 aromatic carbocycles. The fourth-order valence-corrected chi connectivity index (χ4v) is 3.65. The molecular weight excluding hydrogens is 406 g/mol. The summed E-state index contributed by atoms with van der Waals surface area (Å²) in [5.74, 6) is -0.586. The van der Waals surface area contributed by atoms with Crippen molar-refractivity contribution in [3.05, 3.63) is 65.2 Å². The zero-order valence-corrected chi connectivity index (χ0v) is 18.6. The molecule has 0 radical (unpaired) electrons. The lowest BCUT2D eigenvalue weighted by molar-refractivity contribution is -0.114. The van der Waals surface area contributed by atoms with Crippen LogP contribution in [0.3, 0.4) is 0 Å². The predicted octanol–water partition coefficient (Wildman–Crippen LogP) is 3.89. The molecule has 7 nitrogen and oxygen atoms in total. The van der Waals surface area contributed by atoms with E-state index in [-0.39, 0.29) is 18.0 Å². The van der Waals surface area contributed by atoms with Gasteiger partial charge in [0.15, 0.2) is 0 Å². The smallest absolute Gasteiger partial charge is 0.338 e. The van der Waals surface area contributed by atoms with Gasteiger partial charge in [-0.15, -0.1) is 0 Å². The second-order valence-electron chi connectivity index (χ2n) is 8.05. The molecule has 4 rings (SSSR count). The third-order valence-corrected chi connectivity index (χ3v) is 5.33. The molecule has 2 aliphatic rings. The number of carbonyl (C=O) groups is 2. The first-order chi connectivity index (χ1) is 15.4. The fourth-order valence-electron chi connectivity index (χ4n) is 3.65. The van der Waals surface area contributed by atoms with Gasteiger partial charge in [-0.05, 0) is 68.8 Å². The largest absolute Gasteiger partial charge is 0.459 e. The van der Waals surface area contributed by atoms with Gasteiger partial charge in [-0.1, -0.05) is 12.1 Å². The van der Waals surface area contributed by atoms with Crippen LogP contribution < -0.4 is 9.91 Å². The molecule has 0 N–H and O–H groups in total. The van der Waals surface area contributed by atoms with E-state index in [1.165, 1.54) is 5.01 Å². The summed E-state index contributed by atoms with van der Waals surface area (Å²) in [4.78, 5) is 27.4. The molecule has 0 aromatic heterocycles. The Hall–Kier alpha value is -3.45. The summed E-state index contributed by atoms with van der Waals surface area (Å²) >= 11 is 0. The number of esters is 1. The van der Waals surface area contributed by atoms with Crippen molar-refractivity contribution >= 4 is 35.0 Å². The number of hydrogen-bond donors (Lipinski definition) is 0. The van der Waals surface area contributed by atoms with Crippen LogP contribution in [0.15, 0.2) is 59.2 Å². The van der Waals surface area contributed by atoms with E-state index in [1.54, 1.807) is 38.1 Å². The SMILES string of the molecule is CC1=NN(c2ccc(C(=O)OC(C)C)cc2)C(=O)/C1=C\c1ccc(N2CCOCC2)cc1. The Kier molecular flexibility index (Phi) is 6.37. The Morgan fingerprint density at radius 3 is 2.28 bits per heavy atom. The van der Waals surface area contributed by atoms with Crippen molar-refractivity contribution in [3.8, 4) is 0 Å². The summed E-state index contributed by atoms with van der Waals surface area (Å²) in [6.45, 7) is 8.67. The van der Waals surface area contributed by atoms with Crippen LogP contribution in [0.4, 0.5) is 11.4 Å². The van der Waals surface area contributed by atoms with Crippen molar-refractivity contribution < 1.29 is 19.1 Å². The van der Waals surface area contributed by atoms with Gasteiger partial charge in [-0.25, -0.2) is 4.79 Å². The second kappa shape index (κ2) is 9.36. The van der Waals surface area contributed by atoms with Gasteiger partial charge in [0, 0.05) is 18.8 Å². The number of carbonyl (C=O) groups excluding carboxylic acids is 2. The fraction of sp³-hybridized carbons (Fsp3) is 0.320. The number of amides is 1. The first kappa shape index (κ1) is 21.8. The molecule has 2 aromatic rings. The maximum absolute atomic E-state index is 13.0. The third kappa shape index (κ3) is 4.73. The topological polar surface area (TPSA) is 71.4 Å². The molecule has 1 saturated heterocycles. The molecule has 0 bridgehead atoms. The molecule has 2 aliphatic heterocycles. The molecule has 0 atom stereocenters. The zero-order valence-electron chi connectivity index (χ0n) is 18.6. The van der Waals surface area contributed by atoms with Crippen LogP contribution in [0.25, 0.3) is 6.08 Å². The Morgan fingerprint density at radius 1 is 1.03 bits per heavy atom. The van der Waals surface area contributed by atoms with E-state index in [4.69, 9.17) is 9.47 Å². The lowest BCUT2D eigenvalue weighted by Crippen LogP contribution is -2.36. The minimum Gasteiger partial charge on any atom is -0.459 e. The van der Waals surface area contributed by atoms with E-state index < -0.39 is 0 Å². The molecule has 1 amide bonds. The first-order valence-corrected chi connectivity index (χ1v) is 10.8. The van der Waals surface area contributed by atoms with Crippen LogP contribution in [0, 0.1) is 0 Å². The highest BCUT2D eigenvalue weighted by Crippen LogP contribution is 2.26. The number of benzene rings is 2. The summed E-state index contributed by atoms with van der Waals surface area (Å²) in [6.07, 6.45) is 1.67. The number of anilines is 2. The van der Waals surface area contributed by atoms with Gasteiger partial charge < -0.3 is 14.4 Å². The van der Waals surface area contributed by atoms with Gasteiger partial charge in [0.2, 0.25) is 0 Å². The average molecular weight is 434 g/mol. The Bertz CT molecular complexity index is 1050. The lowest BCUT2D eigenvalue weighted by atomic mass is 10.1. The van der Waals surface area contributed by atoms with E-state index in [1.807, 2.05) is 25.1 Å². The summed E-state index contributed by atoms with van der Waals surface area (Å²) in [5, 5.41) is 5.79. The summed E-state index contributed by atoms with van der Waals surface area (Å²) in [5.41, 5.74) is 4.32. The molecule has 0 saturated carbocycles. The number of hydrogen-bond acceptors (Lipinski definition) is 6. The molecule has 2 heterocycles. The molecule has 0 unspecified atom stereocenters. The third-order valence-electron chi connectivity index (χ3n) is 5.33. The molecular formula is C25H27N3O4. The van der Waals surface area contributed by atoms with E-state index >= 15 is 0 Å². The van der Waals surface area contributed by atoms with Gasteiger partial charge >= 0.3 is 5.97 Å². The number of nitrogens with zero attached hydrogens (tertiary/aromatic N) is 3. The van der Waals surface area contributed by atoms with Gasteiger partial charge in [-0.3, -0.25) is 4.79 Å². The van der Waals surface area contributed by atoms with Crippen molar-refractivity contribution in [2.45, 2.75) is 26.9 Å². The monoisotopic (exact) mass is 433 g/mol. The molecule has 7 heteroatoms. The van der Waals surface area contributed by atoms with Crippen LogP contribution in [0.5, 0.6) is 0 Å². The molecule has 32 heavy (non-hydrogen) atoms. The van der Waals surface area contributed by atoms with E-state index in [0.717, 1.165) is 37.6 Å². The van der Waals surface area contributed by atoms with Crippen LogP contribution in [-0.4, -0.2) is 50.0 Å². The van der Waals surface area contributed by atoms with Crippen molar-refractivity contribution in [2.24, 2.45) is 5.10 Å². The van der Waals surface area contributed by atoms with Gasteiger partial charge in [-0.2, -0.15) is 10.1 Å². The van der Waals surface area contributed by atoms with E-state index in [0.29, 0.717) is 22.5 Å². The zero-order chi connectivity index (χ0) is 22.7. The number of rotatable bonds is 5. The molecule has 0 aliphatic carbocycles. The van der Waals surface area contributed by atoms with E-state index in [2.05, 4.69) is 22.1 Å². The van der Waals surface area contributed by atoms with E-state index in [9.17, 15) is 9.59 Å². The van der Waals surface area contributed by atoms with Crippen molar-refractivity contribution in [1.29, 1.82) is 0 Å². The first-order valence-electron chi connectivity index (χ1n) is 10.8. The normalized spacial score (nSPS) is 17.8. The van der Waals surface area contributed by atoms with Gasteiger partial charge in [0.1, 0.15) is 0 Å². The van der Waals surface area contributed by atoms with Crippen LogP contribution in [0.1, 0.15) is 36.7 Å². The van der Waals surface area contributed by atoms with Crippen LogP contribution >= 0.6 is 0 Å². The van der Waals surface area contributed by atoms with Crippen molar-refractivity contribution in [1.82, 2.24) is 0 Å². The Morgan fingerprint density at radius 2 is 1.66 bits per heavy atom. The quantitative estimate of drug-likeness (QED) is 0.528. The summed E-state index contributed by atoms with van der Waals surface area (Å²) < 4.78 is 10.6. The van der Waals surface area contributed by atoms with Crippen molar-refractivity contribution in [3.63, 3.8) is 0 Å². The minimum atomic E-state index is -0.389. The summed E-state index contributed by atoms with van der Waals surface area (Å²) in [7, 11) is 0. The van der Waals surface area contributed by atoms with Crippen molar-refractivity contribution in [2.75, 3.05) is 36.2 Å². The number of morpholine rings is 1. The number of ether oxygens (including phenoxy) is 2. The van der Waals surface area contributed by atoms with Gasteiger partial charge in [0.05, 0.1) is 41.9 Å². The highest BCUT2D eigenvalue weighted by atomic mass is 16.5. The maximum atomic E-state index is 13.0. The Balaban J connectivity index is 1.48. The predicted molar refractivity (Wildman–Crippen MR) is 125 cm³/mol. The highest BCUT2D eigenvalue weighted by molar-refractivity contribution is 6.32. The minimum absolute atomic E-state index is 0.190. The Labute approximate surface area is 187 Å². The summed E-state index contributed by atoms with van der Waals surface area (Å²) in [6, 6.07) is 14.8. The number of hydrazone groups is 1. The highest BCUT2D eigenvalue weighted by Gasteiger charge is 2.29. The standard InChI is InChI=1S/C25H27N3O4/c1-17(2)32-25(30)20-6-10-22(11-7-20)28-24(29)23(18(3)26-28)16-19-4-8-21(9-5-19)27-12-14-31-15-13-27/h4-11,16-17H,12-15H2,1-3H3/b23-16-.